The number of hydrogen-bond acceptors (Lipinski definition) is 2. The number of carbonyl (C=O) groups is 1. The Morgan fingerprint density at radius 3 is 2.57 bits per heavy atom. The molecular weight excluding hydrogens is 308 g/mol. The van der Waals surface area contributed by atoms with Gasteiger partial charge < -0.3 is 5.11 Å². The normalized spacial score (nSPS) is 11.2. The first kappa shape index (κ1) is 15.3. The fourth-order valence-corrected chi connectivity index (χ4v) is 2.76. The van der Waals surface area contributed by atoms with Crippen molar-refractivity contribution in [3.8, 4) is 5.75 Å². The molecule has 2 nitrogen and oxygen atoms in total. The Balaban J connectivity index is 1.99. The number of aromatic hydroxyl groups is 1. The highest BCUT2D eigenvalue weighted by Gasteiger charge is 2.09. The number of phenolic OH excluding ortho intramolecular Hbond substituents is 1. The minimum atomic E-state index is -0.231. The highest BCUT2D eigenvalue weighted by Crippen LogP contribution is 2.27. The fourth-order valence-electron chi connectivity index (χ4n) is 2.53. The molecule has 0 aliphatic rings. The summed E-state index contributed by atoms with van der Waals surface area (Å²) in [6.45, 7) is 1.88. The van der Waals surface area contributed by atoms with E-state index in [1.54, 1.807) is 18.2 Å². The Kier molecular flexibility index (Phi) is 4.18. The summed E-state index contributed by atoms with van der Waals surface area (Å²) in [5.41, 5.74) is 2.14. The van der Waals surface area contributed by atoms with E-state index in [0.717, 1.165) is 21.9 Å². The molecule has 23 heavy (non-hydrogen) atoms. The summed E-state index contributed by atoms with van der Waals surface area (Å²) >= 11 is 6.20. The fraction of sp³-hybridized carbons (Fsp3) is 0.0500. The average molecular weight is 323 g/mol. The molecule has 0 spiro atoms. The molecule has 0 fully saturated rings. The molecule has 0 radical (unpaired) electrons. The molecule has 3 aromatic carbocycles. The number of allylic oxidation sites excluding steroid dienone is 1. The number of rotatable bonds is 3. The minimum Gasteiger partial charge on any atom is -0.507 e. The van der Waals surface area contributed by atoms with Gasteiger partial charge in [-0.2, -0.15) is 0 Å². The number of benzene rings is 3. The Labute approximate surface area is 139 Å². The van der Waals surface area contributed by atoms with Crippen LogP contribution in [0.4, 0.5) is 0 Å². The number of halogens is 1. The smallest absolute Gasteiger partial charge is 0.189 e. The van der Waals surface area contributed by atoms with Crippen molar-refractivity contribution >= 4 is 34.2 Å². The molecule has 0 aliphatic carbocycles. The van der Waals surface area contributed by atoms with Crippen molar-refractivity contribution in [1.82, 2.24) is 0 Å². The summed E-state index contributed by atoms with van der Waals surface area (Å²) in [4.78, 5) is 12.3. The average Bonchev–Trinajstić information content (AvgIpc) is 2.56. The van der Waals surface area contributed by atoms with Crippen molar-refractivity contribution in [3.63, 3.8) is 0 Å². The predicted octanol–water partition coefficient (Wildman–Crippen LogP) is 5.40. The van der Waals surface area contributed by atoms with Gasteiger partial charge in [0.25, 0.3) is 0 Å². The third-order valence-electron chi connectivity index (χ3n) is 3.74. The first-order chi connectivity index (χ1) is 11.1. The maximum Gasteiger partial charge on any atom is 0.189 e. The zero-order valence-electron chi connectivity index (χ0n) is 12.6. The topological polar surface area (TPSA) is 37.3 Å². The maximum atomic E-state index is 12.3. The second kappa shape index (κ2) is 6.27. The third kappa shape index (κ3) is 3.13. The lowest BCUT2D eigenvalue weighted by Crippen LogP contribution is -1.95. The SMILES string of the molecule is Cc1ccc(O)c(C(=O)/C=C/c2ccc(Cl)c3ccccc23)c1. The number of phenols is 1. The zero-order chi connectivity index (χ0) is 16.4. The predicted molar refractivity (Wildman–Crippen MR) is 95.2 cm³/mol. The second-order valence-electron chi connectivity index (χ2n) is 5.40. The first-order valence-electron chi connectivity index (χ1n) is 7.25. The van der Waals surface area contributed by atoms with Gasteiger partial charge in [-0.15, -0.1) is 0 Å². The van der Waals surface area contributed by atoms with Crippen LogP contribution in [0.1, 0.15) is 21.5 Å². The lowest BCUT2D eigenvalue weighted by Gasteiger charge is -2.05. The van der Waals surface area contributed by atoms with E-state index in [9.17, 15) is 9.90 Å². The van der Waals surface area contributed by atoms with Crippen molar-refractivity contribution < 1.29 is 9.90 Å². The Morgan fingerprint density at radius 2 is 1.78 bits per heavy atom. The summed E-state index contributed by atoms with van der Waals surface area (Å²) in [6.07, 6.45) is 3.23. The molecule has 0 heterocycles. The van der Waals surface area contributed by atoms with Crippen LogP contribution in [0.5, 0.6) is 5.75 Å². The molecule has 0 aromatic heterocycles. The molecule has 0 atom stereocenters. The molecule has 0 saturated carbocycles. The number of hydrogen-bond donors (Lipinski definition) is 1. The van der Waals surface area contributed by atoms with Crippen LogP contribution in [0.15, 0.2) is 60.7 Å². The molecule has 0 bridgehead atoms. The molecule has 0 saturated heterocycles. The molecular formula is C20H15ClO2. The summed E-state index contributed by atoms with van der Waals surface area (Å²) in [7, 11) is 0. The van der Waals surface area contributed by atoms with E-state index in [2.05, 4.69) is 0 Å². The van der Waals surface area contributed by atoms with Gasteiger partial charge in [0.15, 0.2) is 5.78 Å². The third-order valence-corrected chi connectivity index (χ3v) is 4.07. The largest absolute Gasteiger partial charge is 0.507 e. The van der Waals surface area contributed by atoms with Crippen molar-refractivity contribution in [1.29, 1.82) is 0 Å². The number of fused-ring (bicyclic) bond motifs is 1. The van der Waals surface area contributed by atoms with Crippen LogP contribution >= 0.6 is 11.6 Å². The first-order valence-corrected chi connectivity index (χ1v) is 7.63. The molecule has 114 valence electrons. The zero-order valence-corrected chi connectivity index (χ0v) is 13.3. The van der Waals surface area contributed by atoms with Crippen LogP contribution < -0.4 is 0 Å². The van der Waals surface area contributed by atoms with Crippen molar-refractivity contribution in [2.24, 2.45) is 0 Å². The van der Waals surface area contributed by atoms with Crippen molar-refractivity contribution in [2.75, 3.05) is 0 Å². The highest BCUT2D eigenvalue weighted by atomic mass is 35.5. The molecule has 0 unspecified atom stereocenters. The standard InChI is InChI=1S/C20H15ClO2/c1-13-6-10-19(22)17(12-13)20(23)11-8-14-7-9-18(21)16-5-3-2-4-15(14)16/h2-12,22H,1H3/b11-8+. The van der Waals surface area contributed by atoms with Gasteiger partial charge in [0, 0.05) is 10.4 Å². The van der Waals surface area contributed by atoms with Crippen LogP contribution in [-0.4, -0.2) is 10.9 Å². The van der Waals surface area contributed by atoms with E-state index in [0.29, 0.717) is 10.6 Å². The molecule has 3 aromatic rings. The summed E-state index contributed by atoms with van der Waals surface area (Å²) in [5, 5.41) is 12.4. The Bertz CT molecular complexity index is 926. The van der Waals surface area contributed by atoms with Crippen LogP contribution in [0.2, 0.25) is 5.02 Å². The lowest BCUT2D eigenvalue weighted by molar-refractivity contribution is 0.104. The second-order valence-corrected chi connectivity index (χ2v) is 5.81. The van der Waals surface area contributed by atoms with Crippen LogP contribution in [0, 0.1) is 6.92 Å². The van der Waals surface area contributed by atoms with Gasteiger partial charge in [-0.3, -0.25) is 4.79 Å². The van der Waals surface area contributed by atoms with Gasteiger partial charge in [0.05, 0.1) is 5.56 Å². The van der Waals surface area contributed by atoms with E-state index in [-0.39, 0.29) is 11.5 Å². The molecule has 1 N–H and O–H groups in total. The Hall–Kier alpha value is -2.58. The molecule has 3 rings (SSSR count). The molecule has 0 amide bonds. The van der Waals surface area contributed by atoms with Gasteiger partial charge >= 0.3 is 0 Å². The Morgan fingerprint density at radius 1 is 1.04 bits per heavy atom. The maximum absolute atomic E-state index is 12.3. The van der Waals surface area contributed by atoms with Gasteiger partial charge in [-0.1, -0.05) is 59.6 Å². The van der Waals surface area contributed by atoms with Crippen molar-refractivity contribution in [3.05, 3.63) is 82.4 Å². The van der Waals surface area contributed by atoms with Crippen LogP contribution in [-0.2, 0) is 0 Å². The molecule has 0 aliphatic heterocycles. The highest BCUT2D eigenvalue weighted by molar-refractivity contribution is 6.35. The van der Waals surface area contributed by atoms with E-state index < -0.39 is 0 Å². The quantitative estimate of drug-likeness (QED) is 0.517. The van der Waals surface area contributed by atoms with Gasteiger partial charge in [-0.05, 0) is 42.1 Å². The number of aryl methyl sites for hydroxylation is 1. The lowest BCUT2D eigenvalue weighted by atomic mass is 10.0. The van der Waals surface area contributed by atoms with Gasteiger partial charge in [0.1, 0.15) is 5.75 Å². The molecule has 3 heteroatoms. The van der Waals surface area contributed by atoms with Crippen LogP contribution in [0.3, 0.4) is 0 Å². The van der Waals surface area contributed by atoms with Gasteiger partial charge in [0.2, 0.25) is 0 Å². The summed E-state index contributed by atoms with van der Waals surface area (Å²) in [5.74, 6) is -0.239. The summed E-state index contributed by atoms with van der Waals surface area (Å²) < 4.78 is 0. The summed E-state index contributed by atoms with van der Waals surface area (Å²) in [6, 6.07) is 16.5. The van der Waals surface area contributed by atoms with E-state index in [4.69, 9.17) is 11.6 Å². The van der Waals surface area contributed by atoms with E-state index in [1.165, 1.54) is 12.1 Å². The minimum absolute atomic E-state index is 0.00814. The number of ketones is 1. The monoisotopic (exact) mass is 322 g/mol. The van der Waals surface area contributed by atoms with Crippen molar-refractivity contribution in [2.45, 2.75) is 6.92 Å². The van der Waals surface area contributed by atoms with Gasteiger partial charge in [-0.25, -0.2) is 0 Å². The van der Waals surface area contributed by atoms with E-state index in [1.807, 2.05) is 43.3 Å². The van der Waals surface area contributed by atoms with E-state index >= 15 is 0 Å². The van der Waals surface area contributed by atoms with Crippen LogP contribution in [0.25, 0.3) is 16.8 Å². The number of carbonyl (C=O) groups excluding carboxylic acids is 1.